The summed E-state index contributed by atoms with van der Waals surface area (Å²) < 4.78 is 15.7. The van der Waals surface area contributed by atoms with E-state index in [2.05, 4.69) is 18.8 Å². The highest BCUT2D eigenvalue weighted by atomic mass is 35.5. The first-order valence-electron chi connectivity index (χ1n) is 7.46. The molecule has 0 N–H and O–H groups in total. The van der Waals surface area contributed by atoms with Crippen molar-refractivity contribution in [2.75, 3.05) is 0 Å². The first-order valence-corrected chi connectivity index (χ1v) is 7.84. The van der Waals surface area contributed by atoms with Gasteiger partial charge in [-0.1, -0.05) is 23.7 Å². The van der Waals surface area contributed by atoms with Crippen molar-refractivity contribution in [3.8, 4) is 0 Å². The van der Waals surface area contributed by atoms with Gasteiger partial charge in [0.25, 0.3) is 0 Å². The Bertz CT molecular complexity index is 956. The molecule has 0 radical (unpaired) electrons. The van der Waals surface area contributed by atoms with Gasteiger partial charge in [0, 0.05) is 16.8 Å². The van der Waals surface area contributed by atoms with Gasteiger partial charge in [-0.05, 0) is 44.0 Å². The maximum Gasteiger partial charge on any atom is 0.173 e. The summed E-state index contributed by atoms with van der Waals surface area (Å²) in [5.41, 5.74) is 3.67. The summed E-state index contributed by atoms with van der Waals surface area (Å²) >= 11 is 6.40. The number of nitrogens with zero attached hydrogens (tertiary/aromatic N) is 3. The summed E-state index contributed by atoms with van der Waals surface area (Å²) in [5, 5.41) is 0.739. The normalized spacial score (nSPS) is 16.3. The van der Waals surface area contributed by atoms with Gasteiger partial charge in [-0.15, -0.1) is 0 Å². The molecule has 0 saturated carbocycles. The molecule has 116 valence electrons. The van der Waals surface area contributed by atoms with Crippen LogP contribution in [0.5, 0.6) is 0 Å². The molecule has 3 heterocycles. The highest BCUT2D eigenvalue weighted by Crippen LogP contribution is 2.33. The molecule has 0 saturated heterocycles. The van der Waals surface area contributed by atoms with Crippen molar-refractivity contribution in [3.63, 3.8) is 0 Å². The van der Waals surface area contributed by atoms with Crippen LogP contribution < -0.4 is 0 Å². The molecule has 1 aromatic carbocycles. The van der Waals surface area contributed by atoms with E-state index in [0.29, 0.717) is 5.65 Å². The average Bonchev–Trinajstić information content (AvgIpc) is 2.92. The molecule has 1 aliphatic rings. The zero-order valence-corrected chi connectivity index (χ0v) is 13.6. The van der Waals surface area contributed by atoms with Gasteiger partial charge in [-0.2, -0.15) is 0 Å². The minimum Gasteiger partial charge on any atom is -0.296 e. The Morgan fingerprint density at radius 2 is 2.04 bits per heavy atom. The number of fused-ring (bicyclic) bond motifs is 2. The topological polar surface area (TPSA) is 29.7 Å². The standard InChI is InChI=1S/C18H15ClFN3/c1-18(2)9-12-11(5-3-6-13(12)19)16(22-18)15-10-21-17-14(20)7-4-8-23(15)17/h3-8,10H,9H2,1-2H3. The maximum atomic E-state index is 13.9. The van der Waals surface area contributed by atoms with Crippen LogP contribution in [0, 0.1) is 5.82 Å². The van der Waals surface area contributed by atoms with Gasteiger partial charge in [0.05, 0.1) is 23.1 Å². The van der Waals surface area contributed by atoms with Crippen LogP contribution in [0.25, 0.3) is 5.65 Å². The molecule has 0 fully saturated rings. The second-order valence-corrected chi connectivity index (χ2v) is 6.82. The fourth-order valence-electron chi connectivity index (χ4n) is 3.14. The molecule has 0 atom stereocenters. The van der Waals surface area contributed by atoms with E-state index < -0.39 is 0 Å². The molecule has 1 aliphatic heterocycles. The van der Waals surface area contributed by atoms with Crippen LogP contribution in [0.15, 0.2) is 47.7 Å². The van der Waals surface area contributed by atoms with Crippen LogP contribution in [0.1, 0.15) is 30.7 Å². The van der Waals surface area contributed by atoms with Crippen molar-refractivity contribution < 1.29 is 4.39 Å². The zero-order valence-electron chi connectivity index (χ0n) is 12.8. The van der Waals surface area contributed by atoms with Crippen molar-refractivity contribution in [2.24, 2.45) is 4.99 Å². The van der Waals surface area contributed by atoms with E-state index >= 15 is 0 Å². The third kappa shape index (κ3) is 2.25. The monoisotopic (exact) mass is 327 g/mol. The quantitative estimate of drug-likeness (QED) is 0.655. The summed E-state index contributed by atoms with van der Waals surface area (Å²) in [6.45, 7) is 4.14. The molecule has 3 nitrogen and oxygen atoms in total. The maximum absolute atomic E-state index is 13.9. The molecule has 3 aromatic rings. The third-order valence-corrected chi connectivity index (χ3v) is 4.48. The molecule has 0 bridgehead atoms. The number of rotatable bonds is 1. The first-order chi connectivity index (χ1) is 11.0. The van der Waals surface area contributed by atoms with E-state index in [1.54, 1.807) is 22.9 Å². The number of hydrogen-bond donors (Lipinski definition) is 0. The van der Waals surface area contributed by atoms with E-state index in [1.165, 1.54) is 6.07 Å². The lowest BCUT2D eigenvalue weighted by Crippen LogP contribution is -2.30. The van der Waals surface area contributed by atoms with Gasteiger partial charge in [0.1, 0.15) is 0 Å². The second kappa shape index (κ2) is 4.90. The SMILES string of the molecule is CC1(C)Cc2c(Cl)cccc2C(c2cnc3c(F)cccn23)=N1. The minimum absolute atomic E-state index is 0.273. The Morgan fingerprint density at radius 3 is 2.87 bits per heavy atom. The van der Waals surface area contributed by atoms with E-state index in [-0.39, 0.29) is 11.4 Å². The van der Waals surface area contributed by atoms with E-state index in [0.717, 1.165) is 34.0 Å². The average molecular weight is 328 g/mol. The number of hydrogen-bond acceptors (Lipinski definition) is 2. The Labute approximate surface area is 138 Å². The largest absolute Gasteiger partial charge is 0.296 e. The van der Waals surface area contributed by atoms with Crippen LogP contribution in [0.2, 0.25) is 5.02 Å². The van der Waals surface area contributed by atoms with Gasteiger partial charge in [-0.3, -0.25) is 9.39 Å². The fraction of sp³-hybridized carbons (Fsp3) is 0.222. The Kier molecular flexibility index (Phi) is 3.07. The predicted octanol–water partition coefficient (Wildman–Crippen LogP) is 4.30. The highest BCUT2D eigenvalue weighted by Gasteiger charge is 2.30. The Hall–Kier alpha value is -2.20. The van der Waals surface area contributed by atoms with Crippen molar-refractivity contribution in [2.45, 2.75) is 25.8 Å². The number of pyridine rings is 1. The lowest BCUT2D eigenvalue weighted by atomic mass is 9.86. The summed E-state index contributed by atoms with van der Waals surface area (Å²) in [4.78, 5) is 9.10. The molecule has 23 heavy (non-hydrogen) atoms. The second-order valence-electron chi connectivity index (χ2n) is 6.41. The van der Waals surface area contributed by atoms with Gasteiger partial charge in [-0.25, -0.2) is 9.37 Å². The van der Waals surface area contributed by atoms with E-state index in [1.807, 2.05) is 18.2 Å². The molecule has 2 aromatic heterocycles. The first kappa shape index (κ1) is 14.4. The van der Waals surface area contributed by atoms with Crippen molar-refractivity contribution >= 4 is 23.0 Å². The summed E-state index contributed by atoms with van der Waals surface area (Å²) in [5.74, 6) is -0.347. The lowest BCUT2D eigenvalue weighted by molar-refractivity contribution is 0.513. The van der Waals surface area contributed by atoms with Crippen molar-refractivity contribution in [1.29, 1.82) is 0 Å². The van der Waals surface area contributed by atoms with Crippen molar-refractivity contribution in [3.05, 3.63) is 70.4 Å². The molecule has 0 unspecified atom stereocenters. The molecule has 0 amide bonds. The zero-order chi connectivity index (χ0) is 16.2. The lowest BCUT2D eigenvalue weighted by Gasteiger charge is -2.29. The fourth-order valence-corrected chi connectivity index (χ4v) is 3.38. The number of imidazole rings is 1. The molecular weight excluding hydrogens is 313 g/mol. The van der Waals surface area contributed by atoms with Crippen LogP contribution in [0.3, 0.4) is 0 Å². The van der Waals surface area contributed by atoms with Crippen LogP contribution >= 0.6 is 11.6 Å². The Morgan fingerprint density at radius 1 is 1.22 bits per heavy atom. The third-order valence-electron chi connectivity index (χ3n) is 4.13. The predicted molar refractivity (Wildman–Crippen MR) is 90.0 cm³/mol. The van der Waals surface area contributed by atoms with Crippen LogP contribution in [-0.4, -0.2) is 20.6 Å². The number of aromatic nitrogens is 2. The van der Waals surface area contributed by atoms with Gasteiger partial charge < -0.3 is 0 Å². The smallest absolute Gasteiger partial charge is 0.173 e. The number of halogens is 2. The van der Waals surface area contributed by atoms with E-state index in [4.69, 9.17) is 16.6 Å². The molecule has 4 rings (SSSR count). The highest BCUT2D eigenvalue weighted by molar-refractivity contribution is 6.32. The van der Waals surface area contributed by atoms with Gasteiger partial charge >= 0.3 is 0 Å². The van der Waals surface area contributed by atoms with Crippen molar-refractivity contribution in [1.82, 2.24) is 9.38 Å². The minimum atomic E-state index is -0.347. The summed E-state index contributed by atoms with van der Waals surface area (Å²) in [6, 6.07) is 8.89. The molecule has 5 heteroatoms. The molecule has 0 spiro atoms. The number of aliphatic imine (C=N–C) groups is 1. The molecule has 0 aliphatic carbocycles. The summed E-state index contributed by atoms with van der Waals surface area (Å²) in [7, 11) is 0. The van der Waals surface area contributed by atoms with Crippen LogP contribution in [-0.2, 0) is 6.42 Å². The molecular formula is C18H15ClFN3. The van der Waals surface area contributed by atoms with Gasteiger partial charge in [0.2, 0.25) is 0 Å². The van der Waals surface area contributed by atoms with Crippen LogP contribution in [0.4, 0.5) is 4.39 Å². The van der Waals surface area contributed by atoms with Gasteiger partial charge in [0.15, 0.2) is 11.5 Å². The Balaban J connectivity index is 2.02. The van der Waals surface area contributed by atoms with E-state index in [9.17, 15) is 4.39 Å². The number of benzene rings is 1. The summed E-state index contributed by atoms with van der Waals surface area (Å²) in [6.07, 6.45) is 4.25.